The summed E-state index contributed by atoms with van der Waals surface area (Å²) in [6.07, 6.45) is 1.70. The van der Waals surface area contributed by atoms with Crippen LogP contribution in [0.25, 0.3) is 0 Å². The van der Waals surface area contributed by atoms with Gasteiger partial charge in [0, 0.05) is 13.0 Å². The van der Waals surface area contributed by atoms with Crippen LogP contribution in [0.3, 0.4) is 0 Å². The number of carbonyl (C=O) groups excluding carboxylic acids is 2. The molecule has 1 aliphatic rings. The fourth-order valence-corrected chi connectivity index (χ4v) is 1.46. The summed E-state index contributed by atoms with van der Waals surface area (Å²) in [5.74, 6) is -0.388. The molecule has 12 heavy (non-hydrogen) atoms. The molecular weight excluding hydrogens is 156 g/mol. The largest absolute Gasteiger partial charge is 0.329 e. The van der Waals surface area contributed by atoms with Crippen molar-refractivity contribution in [1.29, 1.82) is 0 Å². The number of nitrogens with one attached hydrogen (secondary N) is 1. The molecule has 4 heteroatoms. The van der Waals surface area contributed by atoms with Crippen molar-refractivity contribution in [1.82, 2.24) is 5.32 Å². The maximum atomic E-state index is 11.4. The quantitative estimate of drug-likeness (QED) is 0.563. The second-order valence-electron chi connectivity index (χ2n) is 3.22. The van der Waals surface area contributed by atoms with Crippen LogP contribution in [0.5, 0.6) is 0 Å². The van der Waals surface area contributed by atoms with Gasteiger partial charge in [-0.25, -0.2) is 0 Å². The molecule has 0 aromatic rings. The van der Waals surface area contributed by atoms with Gasteiger partial charge in [-0.1, -0.05) is 6.92 Å². The number of imide groups is 1. The monoisotopic (exact) mass is 170 g/mol. The summed E-state index contributed by atoms with van der Waals surface area (Å²) in [5, 5.41) is 2.31. The van der Waals surface area contributed by atoms with E-state index in [9.17, 15) is 9.59 Å². The van der Waals surface area contributed by atoms with Crippen LogP contribution in [-0.4, -0.2) is 18.4 Å². The van der Waals surface area contributed by atoms with Gasteiger partial charge in [-0.3, -0.25) is 14.9 Å². The summed E-state index contributed by atoms with van der Waals surface area (Å²) in [5.41, 5.74) is 5.02. The van der Waals surface area contributed by atoms with E-state index in [4.69, 9.17) is 5.73 Å². The lowest BCUT2D eigenvalue weighted by atomic mass is 9.77. The lowest BCUT2D eigenvalue weighted by Crippen LogP contribution is -2.51. The molecule has 0 aromatic carbocycles. The van der Waals surface area contributed by atoms with E-state index in [0.717, 1.165) is 0 Å². The maximum Gasteiger partial charge on any atom is 0.234 e. The van der Waals surface area contributed by atoms with Crippen molar-refractivity contribution in [3.8, 4) is 0 Å². The molecule has 0 aromatic heterocycles. The summed E-state index contributed by atoms with van der Waals surface area (Å²) >= 11 is 0. The smallest absolute Gasteiger partial charge is 0.234 e. The molecule has 0 spiro atoms. The van der Waals surface area contributed by atoms with Crippen molar-refractivity contribution >= 4 is 11.8 Å². The normalized spacial score (nSPS) is 30.2. The van der Waals surface area contributed by atoms with E-state index in [-0.39, 0.29) is 11.8 Å². The Morgan fingerprint density at radius 2 is 2.25 bits per heavy atom. The van der Waals surface area contributed by atoms with Gasteiger partial charge in [0.15, 0.2) is 0 Å². The number of nitrogens with two attached hydrogens (primary N) is 1. The van der Waals surface area contributed by atoms with Gasteiger partial charge in [0.2, 0.25) is 11.8 Å². The van der Waals surface area contributed by atoms with Crippen LogP contribution in [0.15, 0.2) is 0 Å². The highest BCUT2D eigenvalue weighted by Gasteiger charge is 2.39. The summed E-state index contributed by atoms with van der Waals surface area (Å²) in [6, 6.07) is 0. The minimum Gasteiger partial charge on any atom is -0.329 e. The average molecular weight is 170 g/mol. The Bertz CT molecular complexity index is 209. The average Bonchev–Trinajstić information content (AvgIpc) is 2.06. The van der Waals surface area contributed by atoms with E-state index in [0.29, 0.717) is 25.8 Å². The second kappa shape index (κ2) is 3.23. The van der Waals surface area contributed by atoms with Crippen LogP contribution in [-0.2, 0) is 9.59 Å². The Morgan fingerprint density at radius 3 is 2.67 bits per heavy atom. The van der Waals surface area contributed by atoms with E-state index >= 15 is 0 Å². The van der Waals surface area contributed by atoms with Crippen LogP contribution in [0.4, 0.5) is 0 Å². The van der Waals surface area contributed by atoms with Gasteiger partial charge < -0.3 is 5.73 Å². The first kappa shape index (κ1) is 9.19. The van der Waals surface area contributed by atoms with E-state index in [1.54, 1.807) is 0 Å². The zero-order valence-electron chi connectivity index (χ0n) is 7.22. The molecule has 1 heterocycles. The fourth-order valence-electron chi connectivity index (χ4n) is 1.46. The Kier molecular flexibility index (Phi) is 2.47. The Labute approximate surface area is 71.5 Å². The molecule has 1 saturated heterocycles. The highest BCUT2D eigenvalue weighted by molar-refractivity contribution is 6.00. The zero-order chi connectivity index (χ0) is 9.19. The zero-order valence-corrected chi connectivity index (χ0v) is 7.22. The lowest BCUT2D eigenvalue weighted by Gasteiger charge is -2.32. The molecule has 1 fully saturated rings. The standard InChI is InChI=1S/C8H14N2O2/c1-2-8(5-9)4-3-6(11)10-7(8)12/h2-5,9H2,1H3,(H,10,11,12). The number of amides is 2. The van der Waals surface area contributed by atoms with E-state index < -0.39 is 5.41 Å². The highest BCUT2D eigenvalue weighted by Crippen LogP contribution is 2.29. The van der Waals surface area contributed by atoms with Gasteiger partial charge in [0.05, 0.1) is 5.41 Å². The molecular formula is C8H14N2O2. The van der Waals surface area contributed by atoms with E-state index in [1.165, 1.54) is 0 Å². The molecule has 2 amide bonds. The molecule has 4 nitrogen and oxygen atoms in total. The van der Waals surface area contributed by atoms with Gasteiger partial charge in [-0.05, 0) is 12.8 Å². The fraction of sp³-hybridized carbons (Fsp3) is 0.750. The minimum atomic E-state index is -0.492. The first-order valence-corrected chi connectivity index (χ1v) is 4.19. The van der Waals surface area contributed by atoms with Crippen molar-refractivity contribution in [3.63, 3.8) is 0 Å². The van der Waals surface area contributed by atoms with Crippen LogP contribution in [0, 0.1) is 5.41 Å². The van der Waals surface area contributed by atoms with Crippen molar-refractivity contribution in [2.24, 2.45) is 11.1 Å². The summed E-state index contributed by atoms with van der Waals surface area (Å²) in [6.45, 7) is 2.24. The third kappa shape index (κ3) is 1.34. The number of hydrogen-bond donors (Lipinski definition) is 2. The number of piperidine rings is 1. The molecule has 0 radical (unpaired) electrons. The van der Waals surface area contributed by atoms with Crippen LogP contribution >= 0.6 is 0 Å². The Balaban J connectivity index is 2.77. The molecule has 0 bridgehead atoms. The van der Waals surface area contributed by atoms with E-state index in [2.05, 4.69) is 5.32 Å². The number of carbonyl (C=O) groups is 2. The third-order valence-corrected chi connectivity index (χ3v) is 2.63. The molecule has 1 atom stereocenters. The van der Waals surface area contributed by atoms with Gasteiger partial charge >= 0.3 is 0 Å². The highest BCUT2D eigenvalue weighted by atomic mass is 16.2. The minimum absolute atomic E-state index is 0.183. The van der Waals surface area contributed by atoms with Crippen molar-refractivity contribution in [3.05, 3.63) is 0 Å². The molecule has 68 valence electrons. The number of hydrogen-bond acceptors (Lipinski definition) is 3. The van der Waals surface area contributed by atoms with Crippen LogP contribution in [0.1, 0.15) is 26.2 Å². The van der Waals surface area contributed by atoms with Crippen LogP contribution in [0.2, 0.25) is 0 Å². The first-order valence-electron chi connectivity index (χ1n) is 4.19. The number of rotatable bonds is 2. The van der Waals surface area contributed by atoms with Gasteiger partial charge in [-0.15, -0.1) is 0 Å². The summed E-state index contributed by atoms with van der Waals surface area (Å²) < 4.78 is 0. The summed E-state index contributed by atoms with van der Waals surface area (Å²) in [4.78, 5) is 22.2. The Hall–Kier alpha value is -0.900. The molecule has 1 aliphatic heterocycles. The SMILES string of the molecule is CCC1(CN)CCC(=O)NC1=O. The van der Waals surface area contributed by atoms with Crippen molar-refractivity contribution < 1.29 is 9.59 Å². The van der Waals surface area contributed by atoms with E-state index in [1.807, 2.05) is 6.92 Å². The van der Waals surface area contributed by atoms with Gasteiger partial charge in [-0.2, -0.15) is 0 Å². The van der Waals surface area contributed by atoms with Crippen molar-refractivity contribution in [2.75, 3.05) is 6.54 Å². The second-order valence-corrected chi connectivity index (χ2v) is 3.22. The molecule has 1 rings (SSSR count). The first-order chi connectivity index (χ1) is 5.64. The third-order valence-electron chi connectivity index (χ3n) is 2.63. The predicted molar refractivity (Wildman–Crippen MR) is 44.2 cm³/mol. The Morgan fingerprint density at radius 1 is 1.58 bits per heavy atom. The molecule has 3 N–H and O–H groups in total. The maximum absolute atomic E-state index is 11.4. The van der Waals surface area contributed by atoms with Gasteiger partial charge in [0.25, 0.3) is 0 Å². The van der Waals surface area contributed by atoms with Crippen LogP contribution < -0.4 is 11.1 Å². The molecule has 0 aliphatic carbocycles. The van der Waals surface area contributed by atoms with Crippen molar-refractivity contribution in [2.45, 2.75) is 26.2 Å². The summed E-state index contributed by atoms with van der Waals surface area (Å²) in [7, 11) is 0. The lowest BCUT2D eigenvalue weighted by molar-refractivity contribution is -0.141. The molecule has 1 unspecified atom stereocenters. The topological polar surface area (TPSA) is 72.2 Å². The molecule has 0 saturated carbocycles. The van der Waals surface area contributed by atoms with Gasteiger partial charge in [0.1, 0.15) is 0 Å². The predicted octanol–water partition coefficient (Wildman–Crippen LogP) is -0.222.